The average Bonchev–Trinajstić information content (AvgIpc) is 2.38. The van der Waals surface area contributed by atoms with Crippen LogP contribution in [0.4, 0.5) is 13.2 Å². The molecule has 106 valence electrons. The van der Waals surface area contributed by atoms with Crippen molar-refractivity contribution in [2.45, 2.75) is 12.5 Å². The topological polar surface area (TPSA) is 26.0 Å². The normalized spacial score (nSPS) is 12.5. The number of rotatable bonds is 3. The molecule has 1 atom stereocenters. The molecular weight excluding hydrogens is 355 g/mol. The second kappa shape index (κ2) is 6.16. The second-order valence-corrected chi connectivity index (χ2v) is 5.61. The first-order valence-corrected chi connectivity index (χ1v) is 6.89. The smallest absolute Gasteiger partial charge is 0.159 e. The molecule has 20 heavy (non-hydrogen) atoms. The van der Waals surface area contributed by atoms with Crippen LogP contribution in [0.3, 0.4) is 0 Å². The SMILES string of the molecule is NC(Cc1ccc(F)c(F)c1)c1cc(Cl)c(Br)cc1F. The van der Waals surface area contributed by atoms with E-state index in [9.17, 15) is 13.2 Å². The van der Waals surface area contributed by atoms with Crippen molar-refractivity contribution in [3.05, 3.63) is 68.4 Å². The number of hydrogen-bond donors (Lipinski definition) is 1. The lowest BCUT2D eigenvalue weighted by Gasteiger charge is -2.14. The first-order valence-electron chi connectivity index (χ1n) is 5.72. The van der Waals surface area contributed by atoms with Crippen LogP contribution >= 0.6 is 27.5 Å². The van der Waals surface area contributed by atoms with Gasteiger partial charge in [0.2, 0.25) is 0 Å². The van der Waals surface area contributed by atoms with Crippen LogP contribution in [-0.2, 0) is 6.42 Å². The van der Waals surface area contributed by atoms with E-state index in [1.54, 1.807) is 0 Å². The minimum Gasteiger partial charge on any atom is -0.324 e. The zero-order chi connectivity index (χ0) is 14.9. The molecule has 0 spiro atoms. The maximum Gasteiger partial charge on any atom is 0.159 e. The fraction of sp³-hybridized carbons (Fsp3) is 0.143. The van der Waals surface area contributed by atoms with Gasteiger partial charge in [-0.25, -0.2) is 13.2 Å². The summed E-state index contributed by atoms with van der Waals surface area (Å²) < 4.78 is 40.2. The van der Waals surface area contributed by atoms with Crippen molar-refractivity contribution < 1.29 is 13.2 Å². The molecule has 1 nitrogen and oxygen atoms in total. The Balaban J connectivity index is 2.25. The lowest BCUT2D eigenvalue weighted by Crippen LogP contribution is -2.15. The standard InChI is InChI=1S/C14H10BrClF3N/c15-9-6-12(18)8(5-10(9)16)14(20)4-7-1-2-11(17)13(19)3-7/h1-3,5-6,14H,4,20H2. The van der Waals surface area contributed by atoms with E-state index in [0.717, 1.165) is 12.1 Å². The minimum absolute atomic E-state index is 0.173. The summed E-state index contributed by atoms with van der Waals surface area (Å²) in [5, 5.41) is 0.335. The van der Waals surface area contributed by atoms with Gasteiger partial charge in [0.1, 0.15) is 5.82 Å². The van der Waals surface area contributed by atoms with Gasteiger partial charge in [-0.15, -0.1) is 0 Å². The predicted molar refractivity (Wildman–Crippen MR) is 76.1 cm³/mol. The van der Waals surface area contributed by atoms with Crippen molar-refractivity contribution in [3.8, 4) is 0 Å². The second-order valence-electron chi connectivity index (χ2n) is 4.35. The minimum atomic E-state index is -0.955. The van der Waals surface area contributed by atoms with Crippen LogP contribution in [0.25, 0.3) is 0 Å². The van der Waals surface area contributed by atoms with Crippen molar-refractivity contribution in [1.29, 1.82) is 0 Å². The number of benzene rings is 2. The highest BCUT2D eigenvalue weighted by Gasteiger charge is 2.15. The molecule has 0 aliphatic carbocycles. The van der Waals surface area contributed by atoms with Gasteiger partial charge >= 0.3 is 0 Å². The van der Waals surface area contributed by atoms with Crippen LogP contribution in [0.5, 0.6) is 0 Å². The van der Waals surface area contributed by atoms with Crippen LogP contribution < -0.4 is 5.73 Å². The molecular formula is C14H10BrClF3N. The fourth-order valence-electron chi connectivity index (χ4n) is 1.85. The Labute approximate surface area is 127 Å². The third-order valence-corrected chi connectivity index (χ3v) is 4.08. The fourth-order valence-corrected chi connectivity index (χ4v) is 2.34. The third-order valence-electron chi connectivity index (χ3n) is 2.88. The Hall–Kier alpha value is -1.04. The van der Waals surface area contributed by atoms with Crippen LogP contribution in [0, 0.1) is 17.5 Å². The van der Waals surface area contributed by atoms with Crippen LogP contribution in [0.15, 0.2) is 34.8 Å². The molecule has 0 bridgehead atoms. The first-order chi connectivity index (χ1) is 9.38. The lowest BCUT2D eigenvalue weighted by molar-refractivity contribution is 0.505. The zero-order valence-electron chi connectivity index (χ0n) is 10.1. The van der Waals surface area contributed by atoms with E-state index in [4.69, 9.17) is 17.3 Å². The largest absolute Gasteiger partial charge is 0.324 e. The van der Waals surface area contributed by atoms with E-state index in [-0.39, 0.29) is 12.0 Å². The molecule has 0 amide bonds. The summed E-state index contributed by atoms with van der Waals surface area (Å²) in [4.78, 5) is 0. The van der Waals surface area contributed by atoms with Gasteiger partial charge in [-0.2, -0.15) is 0 Å². The van der Waals surface area contributed by atoms with Crippen LogP contribution in [0.1, 0.15) is 17.2 Å². The van der Waals surface area contributed by atoms with Crippen molar-refractivity contribution >= 4 is 27.5 Å². The maximum atomic E-state index is 13.8. The molecule has 2 N–H and O–H groups in total. The van der Waals surface area contributed by atoms with Crippen LogP contribution in [-0.4, -0.2) is 0 Å². The van der Waals surface area contributed by atoms with Crippen molar-refractivity contribution in [1.82, 2.24) is 0 Å². The molecule has 2 rings (SSSR count). The summed E-state index contributed by atoms with van der Waals surface area (Å²) in [5.74, 6) is -2.39. The summed E-state index contributed by atoms with van der Waals surface area (Å²) in [6.45, 7) is 0. The molecule has 2 aromatic carbocycles. The summed E-state index contributed by atoms with van der Waals surface area (Å²) in [6.07, 6.45) is 0.173. The Morgan fingerprint density at radius 1 is 1.05 bits per heavy atom. The summed E-state index contributed by atoms with van der Waals surface area (Å²) >= 11 is 9.01. The van der Waals surface area contributed by atoms with Gasteiger partial charge in [0, 0.05) is 16.1 Å². The average molecular weight is 365 g/mol. The summed E-state index contributed by atoms with van der Waals surface area (Å²) in [5.41, 5.74) is 6.61. The van der Waals surface area contributed by atoms with E-state index in [2.05, 4.69) is 15.9 Å². The molecule has 0 heterocycles. The van der Waals surface area contributed by atoms with Gasteiger partial charge in [0.15, 0.2) is 11.6 Å². The third kappa shape index (κ3) is 3.34. The lowest BCUT2D eigenvalue weighted by atomic mass is 9.99. The molecule has 2 aromatic rings. The van der Waals surface area contributed by atoms with Gasteiger partial charge in [-0.3, -0.25) is 0 Å². The molecule has 0 aliphatic heterocycles. The molecule has 6 heteroatoms. The van der Waals surface area contributed by atoms with E-state index < -0.39 is 23.5 Å². The van der Waals surface area contributed by atoms with Gasteiger partial charge < -0.3 is 5.73 Å². The Kier molecular flexibility index (Phi) is 4.73. The molecule has 0 saturated heterocycles. The zero-order valence-corrected chi connectivity index (χ0v) is 12.5. The maximum absolute atomic E-state index is 13.8. The Morgan fingerprint density at radius 3 is 2.40 bits per heavy atom. The first kappa shape index (κ1) is 15.4. The van der Waals surface area contributed by atoms with Gasteiger partial charge in [-0.05, 0) is 52.2 Å². The van der Waals surface area contributed by atoms with E-state index in [0.29, 0.717) is 15.1 Å². The highest BCUT2D eigenvalue weighted by atomic mass is 79.9. The number of hydrogen-bond acceptors (Lipinski definition) is 1. The Bertz CT molecular complexity index is 649. The summed E-state index contributed by atoms with van der Waals surface area (Å²) in [6, 6.07) is 5.42. The van der Waals surface area contributed by atoms with Gasteiger partial charge in [0.05, 0.1) is 5.02 Å². The van der Waals surface area contributed by atoms with E-state index in [1.165, 1.54) is 18.2 Å². The molecule has 0 radical (unpaired) electrons. The predicted octanol–water partition coefficient (Wildman–Crippen LogP) is 4.76. The molecule has 0 aliphatic rings. The van der Waals surface area contributed by atoms with Crippen molar-refractivity contribution in [2.24, 2.45) is 5.73 Å². The highest BCUT2D eigenvalue weighted by Crippen LogP contribution is 2.29. The van der Waals surface area contributed by atoms with E-state index in [1.807, 2.05) is 0 Å². The number of halogens is 5. The number of nitrogens with two attached hydrogens (primary N) is 1. The summed E-state index contributed by atoms with van der Waals surface area (Å²) in [7, 11) is 0. The monoisotopic (exact) mass is 363 g/mol. The highest BCUT2D eigenvalue weighted by molar-refractivity contribution is 9.10. The van der Waals surface area contributed by atoms with E-state index >= 15 is 0 Å². The van der Waals surface area contributed by atoms with Crippen LogP contribution in [0.2, 0.25) is 5.02 Å². The van der Waals surface area contributed by atoms with Gasteiger partial charge in [0.25, 0.3) is 0 Å². The molecule has 0 fully saturated rings. The molecule has 1 unspecified atom stereocenters. The van der Waals surface area contributed by atoms with Crippen molar-refractivity contribution in [2.75, 3.05) is 0 Å². The van der Waals surface area contributed by atoms with Gasteiger partial charge in [-0.1, -0.05) is 17.7 Å². The molecule has 0 aromatic heterocycles. The quantitative estimate of drug-likeness (QED) is 0.781. The van der Waals surface area contributed by atoms with Crippen molar-refractivity contribution in [3.63, 3.8) is 0 Å². The Morgan fingerprint density at radius 2 is 1.75 bits per heavy atom. The molecule has 0 saturated carbocycles.